The zero-order valence-electron chi connectivity index (χ0n) is 9.56. The summed E-state index contributed by atoms with van der Waals surface area (Å²) in [5.74, 6) is 0.790. The molecule has 0 unspecified atom stereocenters. The van der Waals surface area contributed by atoms with E-state index in [0.717, 1.165) is 17.1 Å². The Balaban J connectivity index is 1.73. The summed E-state index contributed by atoms with van der Waals surface area (Å²) < 4.78 is 1.70. The van der Waals surface area contributed by atoms with Crippen molar-refractivity contribution in [3.05, 3.63) is 42.5 Å². The lowest BCUT2D eigenvalue weighted by Crippen LogP contribution is -2.30. The summed E-state index contributed by atoms with van der Waals surface area (Å²) >= 11 is 0. The monoisotopic (exact) mass is 244 g/mol. The number of rotatable bonds is 3. The van der Waals surface area contributed by atoms with Crippen molar-refractivity contribution in [1.82, 2.24) is 25.4 Å². The van der Waals surface area contributed by atoms with Crippen LogP contribution in [0, 0.1) is 0 Å². The van der Waals surface area contributed by atoms with Crippen LogP contribution >= 0.6 is 0 Å². The Bertz CT molecular complexity index is 547. The molecule has 0 saturated heterocycles. The van der Waals surface area contributed by atoms with E-state index in [1.807, 2.05) is 23.3 Å². The first-order valence-electron chi connectivity index (χ1n) is 5.52. The number of hydrogen-bond acceptors (Lipinski definition) is 6. The van der Waals surface area contributed by atoms with Gasteiger partial charge in [-0.1, -0.05) is 11.3 Å². The predicted octanol–water partition coefficient (Wildman–Crippen LogP) is -0.0114. The maximum atomic E-state index is 8.96. The van der Waals surface area contributed by atoms with Crippen molar-refractivity contribution in [3.8, 4) is 0 Å². The number of pyridine rings is 1. The van der Waals surface area contributed by atoms with Crippen LogP contribution in [0.15, 0.2) is 36.9 Å². The highest BCUT2D eigenvalue weighted by Crippen LogP contribution is 2.16. The van der Waals surface area contributed by atoms with E-state index in [4.69, 9.17) is 5.11 Å². The van der Waals surface area contributed by atoms with Crippen LogP contribution in [0.4, 0.5) is 5.82 Å². The summed E-state index contributed by atoms with van der Waals surface area (Å²) in [5.41, 5.74) is 4.89. The number of aromatic nitrogens is 4. The van der Waals surface area contributed by atoms with E-state index in [-0.39, 0.29) is 6.61 Å². The van der Waals surface area contributed by atoms with Crippen molar-refractivity contribution in [3.63, 3.8) is 0 Å². The average molecular weight is 244 g/mol. The van der Waals surface area contributed by atoms with E-state index in [1.165, 1.54) is 0 Å². The van der Waals surface area contributed by atoms with Crippen LogP contribution < -0.4 is 10.4 Å². The number of aliphatic hydroxyl groups excluding tert-OH is 1. The van der Waals surface area contributed by atoms with Gasteiger partial charge in [-0.25, -0.2) is 9.67 Å². The highest BCUT2D eigenvalue weighted by Gasteiger charge is 2.17. The van der Waals surface area contributed by atoms with Gasteiger partial charge in [0.05, 0.1) is 31.2 Å². The molecule has 7 nitrogen and oxygen atoms in total. The fraction of sp³-hybridized carbons (Fsp3) is 0.182. The van der Waals surface area contributed by atoms with Gasteiger partial charge in [0, 0.05) is 12.4 Å². The standard InChI is InChI=1S/C11H12N6O/c18-8-9-1-2-11(12-5-9)17-7-10(6-14-17)16-4-3-13-15-16/h1-6,14,18H,7-8H2. The second-order valence-corrected chi connectivity index (χ2v) is 3.88. The van der Waals surface area contributed by atoms with Crippen molar-refractivity contribution in [2.75, 3.05) is 11.6 Å². The summed E-state index contributed by atoms with van der Waals surface area (Å²) in [6.45, 7) is 0.651. The van der Waals surface area contributed by atoms with E-state index in [0.29, 0.717) is 6.54 Å². The van der Waals surface area contributed by atoms with Crippen LogP contribution in [0.1, 0.15) is 5.56 Å². The smallest absolute Gasteiger partial charge is 0.147 e. The van der Waals surface area contributed by atoms with Crippen LogP contribution in [0.2, 0.25) is 0 Å². The zero-order valence-corrected chi connectivity index (χ0v) is 9.56. The number of nitrogens with zero attached hydrogens (tertiary/aromatic N) is 5. The van der Waals surface area contributed by atoms with Gasteiger partial charge < -0.3 is 10.5 Å². The summed E-state index contributed by atoms with van der Waals surface area (Å²) in [6, 6.07) is 3.70. The highest BCUT2D eigenvalue weighted by atomic mass is 16.3. The fourth-order valence-corrected chi connectivity index (χ4v) is 1.72. The molecule has 92 valence electrons. The van der Waals surface area contributed by atoms with Gasteiger partial charge in [0.2, 0.25) is 0 Å². The summed E-state index contributed by atoms with van der Waals surface area (Å²) in [7, 11) is 0. The number of aliphatic hydroxyl groups is 1. The fourth-order valence-electron chi connectivity index (χ4n) is 1.72. The van der Waals surface area contributed by atoms with Gasteiger partial charge >= 0.3 is 0 Å². The lowest BCUT2D eigenvalue weighted by atomic mass is 10.3. The summed E-state index contributed by atoms with van der Waals surface area (Å²) in [4.78, 5) is 4.27. The molecule has 7 heteroatoms. The van der Waals surface area contributed by atoms with Crippen LogP contribution in [0.5, 0.6) is 0 Å². The first-order valence-corrected chi connectivity index (χ1v) is 5.52. The van der Waals surface area contributed by atoms with Crippen LogP contribution in [0.3, 0.4) is 0 Å². The molecule has 0 aromatic carbocycles. The molecule has 0 atom stereocenters. The Labute approximate surface area is 103 Å². The predicted molar refractivity (Wildman–Crippen MR) is 64.9 cm³/mol. The Morgan fingerprint density at radius 2 is 2.33 bits per heavy atom. The topological polar surface area (TPSA) is 79.1 Å². The molecule has 0 saturated carbocycles. The van der Waals surface area contributed by atoms with Crippen LogP contribution in [-0.4, -0.2) is 31.6 Å². The molecule has 1 aliphatic heterocycles. The second kappa shape index (κ2) is 4.46. The van der Waals surface area contributed by atoms with Crippen molar-refractivity contribution >= 4 is 11.5 Å². The first-order chi connectivity index (χ1) is 8.86. The van der Waals surface area contributed by atoms with Crippen LogP contribution in [-0.2, 0) is 6.61 Å². The molecule has 18 heavy (non-hydrogen) atoms. The molecule has 1 aliphatic rings. The van der Waals surface area contributed by atoms with Gasteiger partial charge in [-0.3, -0.25) is 5.01 Å². The highest BCUT2D eigenvalue weighted by molar-refractivity contribution is 5.57. The lowest BCUT2D eigenvalue weighted by Gasteiger charge is -2.17. The minimum absolute atomic E-state index is 0.00314. The third-order valence-electron chi connectivity index (χ3n) is 2.69. The number of hydrazine groups is 1. The number of hydrogen-bond donors (Lipinski definition) is 2. The minimum Gasteiger partial charge on any atom is -0.392 e. The molecule has 2 aromatic rings. The van der Waals surface area contributed by atoms with Crippen molar-refractivity contribution in [1.29, 1.82) is 0 Å². The van der Waals surface area contributed by atoms with Gasteiger partial charge in [0.1, 0.15) is 5.82 Å². The summed E-state index contributed by atoms with van der Waals surface area (Å²) in [6.07, 6.45) is 6.94. The first kappa shape index (κ1) is 10.7. The molecule has 0 amide bonds. The molecule has 2 aromatic heterocycles. The van der Waals surface area contributed by atoms with E-state index in [9.17, 15) is 0 Å². The van der Waals surface area contributed by atoms with Crippen LogP contribution in [0.25, 0.3) is 5.70 Å². The summed E-state index contributed by atoms with van der Waals surface area (Å²) in [5, 5.41) is 18.6. The molecular formula is C11H12N6O. The Morgan fingerprint density at radius 3 is 3.00 bits per heavy atom. The van der Waals surface area contributed by atoms with Gasteiger partial charge in [-0.15, -0.1) is 5.10 Å². The van der Waals surface area contributed by atoms with Gasteiger partial charge in [0.15, 0.2) is 0 Å². The third-order valence-corrected chi connectivity index (χ3v) is 2.69. The normalized spacial score (nSPS) is 14.5. The molecule has 3 heterocycles. The van der Waals surface area contributed by atoms with E-state index < -0.39 is 0 Å². The second-order valence-electron chi connectivity index (χ2n) is 3.88. The average Bonchev–Trinajstić information content (AvgIpc) is 3.09. The Hall–Kier alpha value is -2.41. The molecule has 0 bridgehead atoms. The zero-order chi connectivity index (χ0) is 12.4. The van der Waals surface area contributed by atoms with E-state index in [2.05, 4.69) is 20.7 Å². The largest absolute Gasteiger partial charge is 0.392 e. The van der Waals surface area contributed by atoms with Gasteiger partial charge in [-0.05, 0) is 11.6 Å². The van der Waals surface area contributed by atoms with E-state index >= 15 is 0 Å². The molecular weight excluding hydrogens is 232 g/mol. The molecule has 2 N–H and O–H groups in total. The Morgan fingerprint density at radius 1 is 1.39 bits per heavy atom. The Kier molecular flexibility index (Phi) is 2.66. The van der Waals surface area contributed by atoms with Crippen molar-refractivity contribution in [2.24, 2.45) is 0 Å². The quantitative estimate of drug-likeness (QED) is 0.790. The van der Waals surface area contributed by atoms with Crippen molar-refractivity contribution in [2.45, 2.75) is 6.61 Å². The van der Waals surface area contributed by atoms with Crippen molar-refractivity contribution < 1.29 is 5.11 Å². The van der Waals surface area contributed by atoms with E-state index in [1.54, 1.807) is 23.3 Å². The van der Waals surface area contributed by atoms with Gasteiger partial charge in [0.25, 0.3) is 0 Å². The molecule has 3 rings (SSSR count). The third kappa shape index (κ3) is 1.91. The SMILES string of the molecule is OCc1ccc(N2CC(n3ccnn3)=CN2)nc1. The van der Waals surface area contributed by atoms with Gasteiger partial charge in [-0.2, -0.15) is 0 Å². The molecule has 0 aliphatic carbocycles. The number of anilines is 1. The number of nitrogens with one attached hydrogen (secondary N) is 1. The lowest BCUT2D eigenvalue weighted by molar-refractivity contribution is 0.281. The minimum atomic E-state index is 0.00314. The molecule has 0 spiro atoms. The maximum Gasteiger partial charge on any atom is 0.147 e. The maximum absolute atomic E-state index is 8.96. The molecule has 0 radical (unpaired) electrons. The molecule has 0 fully saturated rings.